The molecule has 4 nitrogen and oxygen atoms in total. The molecule has 2 N–H and O–H groups in total. The summed E-state index contributed by atoms with van der Waals surface area (Å²) in [6, 6.07) is -0.937. The van der Waals surface area contributed by atoms with Crippen molar-refractivity contribution >= 4 is 12.2 Å². The minimum absolute atomic E-state index is 0.0328. The Morgan fingerprint density at radius 3 is 2.69 bits per heavy atom. The molecular weight excluding hydrogens is 187 g/mol. The van der Waals surface area contributed by atoms with Crippen molar-refractivity contribution in [3.63, 3.8) is 0 Å². The summed E-state index contributed by atoms with van der Waals surface area (Å²) in [7, 11) is 0. The lowest BCUT2D eigenvalue weighted by Crippen LogP contribution is -2.35. The lowest BCUT2D eigenvalue weighted by atomic mass is 10.4. The number of halogens is 3. The maximum absolute atomic E-state index is 12.0. The molecule has 0 saturated carbocycles. The standard InChI is InChI=1S/C6H6F3N3O/c7-6(8,9)4-3-12(5(10)13)2-1-11-4/h1,3H,2H2,(H2,10,13). The summed E-state index contributed by atoms with van der Waals surface area (Å²) in [6.07, 6.45) is -2.99. The Morgan fingerprint density at radius 1 is 1.62 bits per heavy atom. The second-order valence-corrected chi connectivity index (χ2v) is 2.31. The van der Waals surface area contributed by atoms with Crippen LogP contribution in [0.1, 0.15) is 0 Å². The predicted molar refractivity (Wildman–Crippen MR) is 38.9 cm³/mol. The first-order valence-electron chi connectivity index (χ1n) is 3.29. The Bertz CT molecular complexity index is 281. The predicted octanol–water partition coefficient (Wildman–Crippen LogP) is 0.855. The van der Waals surface area contributed by atoms with Crippen LogP contribution in [0.15, 0.2) is 16.9 Å². The van der Waals surface area contributed by atoms with Crippen molar-refractivity contribution in [2.75, 3.05) is 6.54 Å². The summed E-state index contributed by atoms with van der Waals surface area (Å²) in [4.78, 5) is 14.3. The molecule has 0 spiro atoms. The van der Waals surface area contributed by atoms with Crippen molar-refractivity contribution in [3.05, 3.63) is 11.9 Å². The van der Waals surface area contributed by atoms with Gasteiger partial charge in [0.05, 0.1) is 6.54 Å². The first kappa shape index (κ1) is 9.56. The van der Waals surface area contributed by atoms with Crippen LogP contribution < -0.4 is 5.73 Å². The van der Waals surface area contributed by atoms with Crippen LogP contribution in [-0.2, 0) is 0 Å². The van der Waals surface area contributed by atoms with Gasteiger partial charge in [0.2, 0.25) is 0 Å². The number of hydrogen-bond donors (Lipinski definition) is 1. The van der Waals surface area contributed by atoms with Gasteiger partial charge in [0.15, 0.2) is 5.70 Å². The molecule has 7 heteroatoms. The summed E-state index contributed by atoms with van der Waals surface area (Å²) >= 11 is 0. The topological polar surface area (TPSA) is 58.7 Å². The number of allylic oxidation sites excluding steroid dienone is 1. The summed E-state index contributed by atoms with van der Waals surface area (Å²) in [6.45, 7) is -0.0328. The van der Waals surface area contributed by atoms with Crippen molar-refractivity contribution in [2.45, 2.75) is 6.18 Å². The molecule has 0 radical (unpaired) electrons. The quantitative estimate of drug-likeness (QED) is 0.609. The molecule has 13 heavy (non-hydrogen) atoms. The number of primary amides is 1. The zero-order chi connectivity index (χ0) is 10.1. The smallest absolute Gasteiger partial charge is 0.351 e. The van der Waals surface area contributed by atoms with Gasteiger partial charge in [-0.15, -0.1) is 0 Å². The normalized spacial score (nSPS) is 17.2. The highest BCUT2D eigenvalue weighted by atomic mass is 19.4. The number of nitrogens with zero attached hydrogens (tertiary/aromatic N) is 2. The molecule has 0 aliphatic carbocycles. The Balaban J connectivity index is 2.87. The molecule has 0 atom stereocenters. The maximum Gasteiger partial charge on any atom is 0.434 e. The number of amides is 2. The van der Waals surface area contributed by atoms with Gasteiger partial charge in [-0.1, -0.05) is 0 Å². The average molecular weight is 193 g/mol. The number of nitrogens with two attached hydrogens (primary N) is 1. The third kappa shape index (κ3) is 2.20. The van der Waals surface area contributed by atoms with Gasteiger partial charge in [-0.25, -0.2) is 4.79 Å². The Labute approximate surface area is 71.5 Å². The van der Waals surface area contributed by atoms with Crippen molar-refractivity contribution in [2.24, 2.45) is 10.7 Å². The first-order chi connectivity index (χ1) is 5.91. The molecule has 0 aromatic rings. The third-order valence-electron chi connectivity index (χ3n) is 1.36. The van der Waals surface area contributed by atoms with Crippen LogP contribution in [0.25, 0.3) is 0 Å². The van der Waals surface area contributed by atoms with E-state index in [1.165, 1.54) is 0 Å². The van der Waals surface area contributed by atoms with Crippen molar-refractivity contribution < 1.29 is 18.0 Å². The fraction of sp³-hybridized carbons (Fsp3) is 0.333. The van der Waals surface area contributed by atoms with Gasteiger partial charge in [-0.2, -0.15) is 13.2 Å². The lowest BCUT2D eigenvalue weighted by Gasteiger charge is -2.19. The van der Waals surface area contributed by atoms with E-state index in [1.54, 1.807) is 0 Å². The molecule has 1 heterocycles. The van der Waals surface area contributed by atoms with E-state index in [0.29, 0.717) is 6.20 Å². The van der Waals surface area contributed by atoms with Crippen molar-refractivity contribution in [1.29, 1.82) is 0 Å². The van der Waals surface area contributed by atoms with E-state index in [0.717, 1.165) is 11.1 Å². The van der Waals surface area contributed by atoms with E-state index in [1.807, 2.05) is 0 Å². The Morgan fingerprint density at radius 2 is 2.23 bits per heavy atom. The van der Waals surface area contributed by atoms with Crippen molar-refractivity contribution in [1.82, 2.24) is 4.90 Å². The van der Waals surface area contributed by atoms with Crippen molar-refractivity contribution in [3.8, 4) is 0 Å². The molecule has 0 fully saturated rings. The highest BCUT2D eigenvalue weighted by molar-refractivity contribution is 5.78. The number of aliphatic imine (C=N–C) groups is 1. The summed E-state index contributed by atoms with van der Waals surface area (Å²) in [5, 5.41) is 0. The number of carbonyl (C=O) groups is 1. The second kappa shape index (κ2) is 3.08. The summed E-state index contributed by atoms with van der Waals surface area (Å²) in [5.74, 6) is 0. The molecule has 1 rings (SSSR count). The number of urea groups is 1. The molecule has 0 unspecified atom stereocenters. The van der Waals surface area contributed by atoms with Gasteiger partial charge in [0.25, 0.3) is 0 Å². The van der Waals surface area contributed by atoms with Crippen LogP contribution in [0.2, 0.25) is 0 Å². The molecule has 1 aliphatic heterocycles. The number of alkyl halides is 3. The fourth-order valence-corrected chi connectivity index (χ4v) is 0.761. The monoisotopic (exact) mass is 193 g/mol. The van der Waals surface area contributed by atoms with Gasteiger partial charge in [-0.05, 0) is 0 Å². The zero-order valence-electron chi connectivity index (χ0n) is 6.38. The van der Waals surface area contributed by atoms with Crippen LogP contribution in [0.4, 0.5) is 18.0 Å². The molecule has 0 saturated heterocycles. The molecule has 1 aliphatic rings. The fourth-order valence-electron chi connectivity index (χ4n) is 0.761. The van der Waals surface area contributed by atoms with Gasteiger partial charge in [0.1, 0.15) is 0 Å². The highest BCUT2D eigenvalue weighted by Gasteiger charge is 2.35. The number of rotatable bonds is 0. The van der Waals surface area contributed by atoms with E-state index < -0.39 is 17.9 Å². The molecule has 0 bridgehead atoms. The minimum Gasteiger partial charge on any atom is -0.351 e. The van der Waals surface area contributed by atoms with Crippen LogP contribution in [-0.4, -0.2) is 29.9 Å². The average Bonchev–Trinajstić information content (AvgIpc) is 2.03. The summed E-state index contributed by atoms with van der Waals surface area (Å²) < 4.78 is 36.1. The highest BCUT2D eigenvalue weighted by Crippen LogP contribution is 2.27. The largest absolute Gasteiger partial charge is 0.434 e. The molecule has 2 amide bonds. The van der Waals surface area contributed by atoms with Crippen LogP contribution >= 0.6 is 0 Å². The van der Waals surface area contributed by atoms with Crippen LogP contribution in [0.3, 0.4) is 0 Å². The van der Waals surface area contributed by atoms with Gasteiger partial charge in [-0.3, -0.25) is 9.89 Å². The number of carbonyl (C=O) groups excluding carboxylic acids is 1. The van der Waals surface area contributed by atoms with Gasteiger partial charge >= 0.3 is 12.2 Å². The van der Waals surface area contributed by atoms with E-state index in [4.69, 9.17) is 5.73 Å². The van der Waals surface area contributed by atoms with E-state index in [2.05, 4.69) is 4.99 Å². The zero-order valence-corrected chi connectivity index (χ0v) is 6.38. The SMILES string of the molecule is NC(=O)N1C=C(C(F)(F)F)N=CC1. The van der Waals surface area contributed by atoms with Crippen LogP contribution in [0.5, 0.6) is 0 Å². The summed E-state index contributed by atoms with van der Waals surface area (Å²) in [5.41, 5.74) is 3.66. The molecule has 72 valence electrons. The number of hydrogen-bond acceptors (Lipinski definition) is 2. The van der Waals surface area contributed by atoms with Gasteiger partial charge < -0.3 is 5.73 Å². The second-order valence-electron chi connectivity index (χ2n) is 2.31. The first-order valence-corrected chi connectivity index (χ1v) is 3.29. The van der Waals surface area contributed by atoms with E-state index >= 15 is 0 Å². The molecule has 0 aromatic heterocycles. The van der Waals surface area contributed by atoms with Crippen LogP contribution in [0, 0.1) is 0 Å². The third-order valence-corrected chi connectivity index (χ3v) is 1.36. The lowest BCUT2D eigenvalue weighted by molar-refractivity contribution is -0.0934. The van der Waals surface area contributed by atoms with E-state index in [-0.39, 0.29) is 6.54 Å². The Hall–Kier alpha value is -1.53. The Kier molecular flexibility index (Phi) is 2.26. The van der Waals surface area contributed by atoms with Gasteiger partial charge in [0, 0.05) is 12.4 Å². The minimum atomic E-state index is -4.55. The maximum atomic E-state index is 12.0. The molecular formula is C6H6F3N3O. The molecule has 0 aromatic carbocycles. The van der Waals surface area contributed by atoms with E-state index in [9.17, 15) is 18.0 Å².